The van der Waals surface area contributed by atoms with Crippen molar-refractivity contribution in [3.8, 4) is 11.5 Å². The summed E-state index contributed by atoms with van der Waals surface area (Å²) in [6.07, 6.45) is -0.0486. The highest BCUT2D eigenvalue weighted by molar-refractivity contribution is 9.10. The number of benzene rings is 1. The minimum absolute atomic E-state index is 0.0456. The highest BCUT2D eigenvalue weighted by Gasteiger charge is 2.31. The molecule has 0 aliphatic heterocycles. The van der Waals surface area contributed by atoms with Gasteiger partial charge in [-0.1, -0.05) is 0 Å². The van der Waals surface area contributed by atoms with Crippen LogP contribution < -0.4 is 14.8 Å². The third kappa shape index (κ3) is 7.58. The Bertz CT molecular complexity index is 697. The molecule has 1 N–H and O–H groups in total. The Kier molecular flexibility index (Phi) is 8.60. The van der Waals surface area contributed by atoms with Gasteiger partial charge in [0, 0.05) is 6.54 Å². The molecule has 0 saturated heterocycles. The van der Waals surface area contributed by atoms with Gasteiger partial charge in [0.05, 0.1) is 24.1 Å². The van der Waals surface area contributed by atoms with E-state index in [1.54, 1.807) is 48.8 Å². The molecular formula is C20H30BrNO6. The Hall–Kier alpha value is -1.96. The van der Waals surface area contributed by atoms with Crippen molar-refractivity contribution in [1.82, 2.24) is 5.32 Å². The molecule has 0 aliphatic carbocycles. The minimum Gasteiger partial charge on any atom is -0.496 e. The van der Waals surface area contributed by atoms with Crippen LogP contribution >= 0.6 is 15.9 Å². The SMILES string of the molecule is COc1cc(CCNC(=O)OCC(C)(C)OC(=O)C(C)(C)C)c(OC)cc1Br. The molecule has 8 heteroatoms. The number of nitrogens with one attached hydrogen (secondary N) is 1. The molecule has 0 radical (unpaired) electrons. The van der Waals surface area contributed by atoms with E-state index in [9.17, 15) is 9.59 Å². The number of carbonyl (C=O) groups is 2. The van der Waals surface area contributed by atoms with Gasteiger partial charge in [0.1, 0.15) is 23.7 Å². The van der Waals surface area contributed by atoms with Crippen LogP contribution in [0.3, 0.4) is 0 Å². The maximum absolute atomic E-state index is 12.0. The summed E-state index contributed by atoms with van der Waals surface area (Å²) in [7, 11) is 3.17. The van der Waals surface area contributed by atoms with E-state index >= 15 is 0 Å². The standard InChI is InChI=1S/C20H30BrNO6/c1-19(2,3)17(23)28-20(4,5)12-27-18(24)22-9-8-13-10-16(26-7)14(21)11-15(13)25-6/h10-11H,8-9,12H2,1-7H3,(H,22,24). The number of ether oxygens (including phenoxy) is 4. The van der Waals surface area contributed by atoms with Crippen LogP contribution in [0.25, 0.3) is 0 Å². The zero-order chi connectivity index (χ0) is 21.5. The van der Waals surface area contributed by atoms with Crippen molar-refractivity contribution in [2.24, 2.45) is 5.41 Å². The number of hydrogen-bond acceptors (Lipinski definition) is 6. The van der Waals surface area contributed by atoms with E-state index in [1.165, 1.54) is 0 Å². The van der Waals surface area contributed by atoms with E-state index in [1.807, 2.05) is 12.1 Å². The molecule has 0 aromatic heterocycles. The highest BCUT2D eigenvalue weighted by atomic mass is 79.9. The topological polar surface area (TPSA) is 83.1 Å². The van der Waals surface area contributed by atoms with Crippen molar-refractivity contribution in [2.75, 3.05) is 27.4 Å². The van der Waals surface area contributed by atoms with E-state index in [0.29, 0.717) is 24.5 Å². The van der Waals surface area contributed by atoms with Gasteiger partial charge in [0.2, 0.25) is 0 Å². The number of alkyl carbamates (subject to hydrolysis) is 1. The summed E-state index contributed by atoms with van der Waals surface area (Å²) in [5, 5.41) is 2.68. The van der Waals surface area contributed by atoms with Crippen LogP contribution in [0.1, 0.15) is 40.2 Å². The number of rotatable bonds is 8. The Morgan fingerprint density at radius 2 is 1.64 bits per heavy atom. The third-order valence-corrected chi connectivity index (χ3v) is 4.37. The van der Waals surface area contributed by atoms with Gasteiger partial charge in [-0.2, -0.15) is 0 Å². The molecule has 0 unspecified atom stereocenters. The largest absolute Gasteiger partial charge is 0.496 e. The lowest BCUT2D eigenvalue weighted by molar-refractivity contribution is -0.169. The number of carbonyl (C=O) groups excluding carboxylic acids is 2. The van der Waals surface area contributed by atoms with Gasteiger partial charge < -0.3 is 24.3 Å². The van der Waals surface area contributed by atoms with E-state index in [4.69, 9.17) is 18.9 Å². The minimum atomic E-state index is -0.913. The summed E-state index contributed by atoms with van der Waals surface area (Å²) >= 11 is 3.41. The van der Waals surface area contributed by atoms with Gasteiger partial charge in [-0.3, -0.25) is 4.79 Å². The lowest BCUT2D eigenvalue weighted by atomic mass is 9.97. The van der Waals surface area contributed by atoms with Gasteiger partial charge in [-0.15, -0.1) is 0 Å². The van der Waals surface area contributed by atoms with Crippen molar-refractivity contribution in [3.05, 3.63) is 22.2 Å². The van der Waals surface area contributed by atoms with Crippen LogP contribution in [0, 0.1) is 5.41 Å². The smallest absolute Gasteiger partial charge is 0.407 e. The molecule has 0 fully saturated rings. The molecule has 0 aliphatic rings. The summed E-state index contributed by atoms with van der Waals surface area (Å²) in [5.41, 5.74) is -0.642. The van der Waals surface area contributed by atoms with E-state index in [0.717, 1.165) is 10.0 Å². The molecule has 0 bridgehead atoms. The fraction of sp³-hybridized carbons (Fsp3) is 0.600. The molecule has 1 rings (SSSR count). The lowest BCUT2D eigenvalue weighted by Crippen LogP contribution is -2.40. The Morgan fingerprint density at radius 3 is 2.18 bits per heavy atom. The van der Waals surface area contributed by atoms with Gasteiger partial charge in [0.25, 0.3) is 0 Å². The summed E-state index contributed by atoms with van der Waals surface area (Å²) in [5.74, 6) is 1.02. The summed E-state index contributed by atoms with van der Waals surface area (Å²) in [4.78, 5) is 23.9. The van der Waals surface area contributed by atoms with Crippen LogP contribution in [0.5, 0.6) is 11.5 Å². The first-order chi connectivity index (χ1) is 12.9. The number of esters is 1. The van der Waals surface area contributed by atoms with Crippen molar-refractivity contribution in [2.45, 2.75) is 46.6 Å². The Labute approximate surface area is 175 Å². The predicted octanol–water partition coefficient (Wildman–Crippen LogP) is 4.10. The van der Waals surface area contributed by atoms with Crippen LogP contribution in [0.4, 0.5) is 4.79 Å². The van der Waals surface area contributed by atoms with Gasteiger partial charge in [0.15, 0.2) is 0 Å². The maximum Gasteiger partial charge on any atom is 0.407 e. The zero-order valence-electron chi connectivity index (χ0n) is 17.6. The van der Waals surface area contributed by atoms with E-state index < -0.39 is 17.1 Å². The quantitative estimate of drug-likeness (QED) is 0.589. The molecular weight excluding hydrogens is 430 g/mol. The Balaban J connectivity index is 2.52. The molecule has 1 amide bonds. The van der Waals surface area contributed by atoms with Crippen molar-refractivity contribution in [3.63, 3.8) is 0 Å². The molecule has 0 spiro atoms. The number of hydrogen-bond donors (Lipinski definition) is 1. The van der Waals surface area contributed by atoms with Gasteiger partial charge in [-0.25, -0.2) is 4.79 Å². The molecule has 1 aromatic carbocycles. The second-order valence-corrected chi connectivity index (χ2v) is 8.81. The first-order valence-electron chi connectivity index (χ1n) is 8.94. The fourth-order valence-corrected chi connectivity index (χ4v) is 2.63. The van der Waals surface area contributed by atoms with Crippen LogP contribution in [-0.4, -0.2) is 45.0 Å². The monoisotopic (exact) mass is 459 g/mol. The second-order valence-electron chi connectivity index (χ2n) is 7.95. The van der Waals surface area contributed by atoms with E-state index in [-0.39, 0.29) is 12.6 Å². The zero-order valence-corrected chi connectivity index (χ0v) is 19.2. The third-order valence-electron chi connectivity index (χ3n) is 3.75. The first-order valence-corrected chi connectivity index (χ1v) is 9.73. The normalized spacial score (nSPS) is 11.6. The van der Waals surface area contributed by atoms with Crippen molar-refractivity contribution < 1.29 is 28.5 Å². The molecule has 1 aromatic rings. The maximum atomic E-state index is 12.0. The average Bonchev–Trinajstić information content (AvgIpc) is 2.59. The highest BCUT2D eigenvalue weighted by Crippen LogP contribution is 2.32. The fourth-order valence-electron chi connectivity index (χ4n) is 2.14. The van der Waals surface area contributed by atoms with Crippen LogP contribution in [0.15, 0.2) is 16.6 Å². The summed E-state index contributed by atoms with van der Waals surface area (Å²) in [6.45, 7) is 9.00. The van der Waals surface area contributed by atoms with Crippen molar-refractivity contribution in [1.29, 1.82) is 0 Å². The molecule has 7 nitrogen and oxygen atoms in total. The van der Waals surface area contributed by atoms with Crippen LogP contribution in [-0.2, 0) is 20.7 Å². The molecule has 0 heterocycles. The van der Waals surface area contributed by atoms with Crippen molar-refractivity contribution >= 4 is 28.0 Å². The Morgan fingerprint density at radius 1 is 1.04 bits per heavy atom. The molecule has 158 valence electrons. The molecule has 0 saturated carbocycles. The van der Waals surface area contributed by atoms with Crippen LogP contribution in [0.2, 0.25) is 0 Å². The predicted molar refractivity (Wildman–Crippen MR) is 110 cm³/mol. The van der Waals surface area contributed by atoms with E-state index in [2.05, 4.69) is 21.2 Å². The molecule has 28 heavy (non-hydrogen) atoms. The number of amides is 1. The number of halogens is 1. The molecule has 0 atom stereocenters. The first kappa shape index (κ1) is 24.1. The van der Waals surface area contributed by atoms with Gasteiger partial charge >= 0.3 is 12.1 Å². The summed E-state index contributed by atoms with van der Waals surface area (Å²) in [6, 6.07) is 3.67. The van der Waals surface area contributed by atoms with Gasteiger partial charge in [-0.05, 0) is 74.7 Å². The number of methoxy groups -OCH3 is 2. The second kappa shape index (κ2) is 10.0. The average molecular weight is 460 g/mol. The lowest BCUT2D eigenvalue weighted by Gasteiger charge is -2.28. The summed E-state index contributed by atoms with van der Waals surface area (Å²) < 4.78 is 22.0.